The van der Waals surface area contributed by atoms with E-state index in [1.54, 1.807) is 24.6 Å². The van der Waals surface area contributed by atoms with Gasteiger partial charge in [-0.3, -0.25) is 0 Å². The largest absolute Gasteiger partial charge is 0.478 e. The van der Waals surface area contributed by atoms with Crippen LogP contribution in [0.25, 0.3) is 0 Å². The van der Waals surface area contributed by atoms with E-state index in [-0.39, 0.29) is 20.9 Å². The van der Waals surface area contributed by atoms with Gasteiger partial charge < -0.3 is 10.2 Å². The van der Waals surface area contributed by atoms with E-state index in [0.717, 1.165) is 0 Å². The lowest BCUT2D eigenvalue weighted by Gasteiger charge is -2.28. The van der Waals surface area contributed by atoms with E-state index in [4.69, 9.17) is 10.2 Å². The van der Waals surface area contributed by atoms with Crippen molar-refractivity contribution < 1.29 is 28.2 Å². The summed E-state index contributed by atoms with van der Waals surface area (Å²) in [5.41, 5.74) is -0.0367. The molecule has 8 heteroatoms. The zero-order chi connectivity index (χ0) is 28.6. The lowest BCUT2D eigenvalue weighted by Crippen LogP contribution is -2.12. The summed E-state index contributed by atoms with van der Waals surface area (Å²) >= 11 is 0. The van der Waals surface area contributed by atoms with Crippen LogP contribution in [0.4, 0.5) is 0 Å². The Bertz CT molecular complexity index is 978. The molecular weight excluding hydrogens is 519 g/mol. The molecule has 0 amide bonds. The highest BCUT2D eigenvalue weighted by molar-refractivity contribution is 7.91. The van der Waals surface area contributed by atoms with Crippen LogP contribution >= 0.6 is 7.26 Å². The molecule has 0 saturated carbocycles. The molecule has 0 spiro atoms. The second kappa shape index (κ2) is 17.4. The van der Waals surface area contributed by atoms with Crippen LogP contribution < -0.4 is 0 Å². The van der Waals surface area contributed by atoms with Gasteiger partial charge in [-0.05, 0) is 74.2 Å². The Hall–Kier alpha value is -2.24. The quantitative estimate of drug-likeness (QED) is 0.199. The maximum atomic E-state index is 12.3. The zero-order valence-corrected chi connectivity index (χ0v) is 25.2. The molecule has 0 saturated heterocycles. The molecule has 0 heterocycles. The van der Waals surface area contributed by atoms with Crippen molar-refractivity contribution in [2.45, 2.75) is 88.9 Å². The van der Waals surface area contributed by atoms with Crippen LogP contribution in [0.3, 0.4) is 0 Å². The maximum Gasteiger partial charge on any atom is 0.335 e. The summed E-state index contributed by atoms with van der Waals surface area (Å²) in [5.74, 6) is -2.30. The van der Waals surface area contributed by atoms with Gasteiger partial charge in [-0.2, -0.15) is 0 Å². The molecule has 2 rings (SSSR count). The van der Waals surface area contributed by atoms with Crippen molar-refractivity contribution >= 4 is 29.0 Å². The van der Waals surface area contributed by atoms with E-state index in [2.05, 4.69) is 27.7 Å². The second-order valence-corrected chi connectivity index (χ2v) is 16.2. The lowest BCUT2D eigenvalue weighted by molar-refractivity contribution is 0.0686. The molecule has 2 N–H and O–H groups in total. The van der Waals surface area contributed by atoms with E-state index >= 15 is 0 Å². The van der Waals surface area contributed by atoms with Gasteiger partial charge in [-0.15, -0.1) is 0 Å². The highest BCUT2D eigenvalue weighted by atomic mass is 32.2. The van der Waals surface area contributed by atoms with Crippen molar-refractivity contribution in [3.63, 3.8) is 0 Å². The minimum atomic E-state index is -3.81. The van der Waals surface area contributed by atoms with Crippen molar-refractivity contribution in [1.29, 1.82) is 0 Å². The van der Waals surface area contributed by atoms with Gasteiger partial charge in [0.1, 0.15) is 0 Å². The fourth-order valence-electron chi connectivity index (χ4n) is 4.33. The molecule has 0 fully saturated rings. The smallest absolute Gasteiger partial charge is 0.335 e. The van der Waals surface area contributed by atoms with Crippen molar-refractivity contribution in [3.05, 3.63) is 59.7 Å². The second-order valence-electron chi connectivity index (χ2n) is 9.81. The normalized spacial score (nSPS) is 11.5. The van der Waals surface area contributed by atoms with Crippen molar-refractivity contribution in [3.8, 4) is 0 Å². The number of carbonyl (C=O) groups is 2. The van der Waals surface area contributed by atoms with Crippen LogP contribution in [-0.2, 0) is 9.84 Å². The highest BCUT2D eigenvalue weighted by Crippen LogP contribution is 2.61. The molecule has 0 bridgehead atoms. The Morgan fingerprint density at radius 2 is 0.842 bits per heavy atom. The Labute approximate surface area is 230 Å². The summed E-state index contributed by atoms with van der Waals surface area (Å²) in [6, 6.07) is 9.57. The fourth-order valence-corrected chi connectivity index (χ4v) is 10.9. The molecule has 212 valence electrons. The van der Waals surface area contributed by atoms with Gasteiger partial charge in [0, 0.05) is 7.26 Å². The van der Waals surface area contributed by atoms with Gasteiger partial charge in [0.15, 0.2) is 0 Å². The third-order valence-corrected chi connectivity index (χ3v) is 13.6. The molecule has 0 aliphatic heterocycles. The fraction of sp³-hybridized carbons (Fsp3) is 0.533. The van der Waals surface area contributed by atoms with Gasteiger partial charge >= 0.3 is 11.9 Å². The highest BCUT2D eigenvalue weighted by Gasteiger charge is 2.34. The van der Waals surface area contributed by atoms with Crippen molar-refractivity contribution in [2.75, 3.05) is 24.6 Å². The van der Waals surface area contributed by atoms with E-state index in [9.17, 15) is 18.0 Å². The Balaban J connectivity index is 0.000000391. The van der Waals surface area contributed by atoms with Crippen LogP contribution in [0.15, 0.2) is 58.3 Å². The van der Waals surface area contributed by atoms with Crippen LogP contribution in [0, 0.1) is 0 Å². The summed E-state index contributed by atoms with van der Waals surface area (Å²) in [5, 5.41) is 17.5. The summed E-state index contributed by atoms with van der Waals surface area (Å²) in [6.07, 6.45) is 17.9. The first-order chi connectivity index (χ1) is 18.1. The summed E-state index contributed by atoms with van der Waals surface area (Å²) in [4.78, 5) is 21.3. The minimum Gasteiger partial charge on any atom is -0.478 e. The third-order valence-electron chi connectivity index (χ3n) is 6.77. The predicted octanol–water partition coefficient (Wildman–Crippen LogP) is 8.12. The van der Waals surface area contributed by atoms with E-state index in [1.807, 2.05) is 0 Å². The number of aromatic carboxylic acids is 2. The average Bonchev–Trinajstić information content (AvgIpc) is 2.92. The number of benzene rings is 2. The lowest BCUT2D eigenvalue weighted by atomic mass is 10.2. The molecule has 38 heavy (non-hydrogen) atoms. The number of hydrogen-bond donors (Lipinski definition) is 2. The van der Waals surface area contributed by atoms with Gasteiger partial charge in [-0.1, -0.05) is 53.4 Å². The SMILES string of the molecule is CCCC[P+](CCCC)(CCCC)CCCC.O=C(O)c1ccc(S(=O)(=O)c2ccc(C(=O)O)cc2)cc1. The van der Waals surface area contributed by atoms with Gasteiger partial charge in [0.2, 0.25) is 9.84 Å². The third kappa shape index (κ3) is 10.9. The summed E-state index contributed by atoms with van der Waals surface area (Å²) in [7, 11) is -4.37. The Morgan fingerprint density at radius 1 is 0.579 bits per heavy atom. The van der Waals surface area contributed by atoms with Gasteiger partial charge in [-0.25, -0.2) is 18.0 Å². The molecule has 0 aliphatic rings. The molecule has 0 aliphatic carbocycles. The molecule has 0 radical (unpaired) electrons. The van der Waals surface area contributed by atoms with E-state index in [0.29, 0.717) is 0 Å². The number of sulfone groups is 1. The Kier molecular flexibility index (Phi) is 15.4. The topological polar surface area (TPSA) is 109 Å². The molecule has 2 aromatic carbocycles. The van der Waals surface area contributed by atoms with Crippen LogP contribution in [0.2, 0.25) is 0 Å². The predicted molar refractivity (Wildman–Crippen MR) is 158 cm³/mol. The average molecular weight is 566 g/mol. The first-order valence-corrected chi connectivity index (χ1v) is 17.8. The molecular formula is C30H46O6PS+. The first-order valence-electron chi connectivity index (χ1n) is 13.8. The van der Waals surface area contributed by atoms with Gasteiger partial charge in [0.25, 0.3) is 0 Å². The number of hydrogen-bond acceptors (Lipinski definition) is 4. The standard InChI is InChI=1S/C16H36P.C14H10O6S/c1-5-9-13-17(14-10-6-2,15-11-7-3)16-12-8-4;15-13(16)9-1-5-11(6-2-9)21(19,20)12-7-3-10(4-8-12)14(17)18/h5-16H2,1-4H3;1-8H,(H,15,16)(H,17,18)/q+1;. The summed E-state index contributed by atoms with van der Waals surface area (Å²) < 4.78 is 24.6. The Morgan fingerprint density at radius 3 is 1.05 bits per heavy atom. The van der Waals surface area contributed by atoms with Crippen LogP contribution in [0.1, 0.15) is 99.8 Å². The molecule has 2 aromatic rings. The summed E-state index contributed by atoms with van der Waals surface area (Å²) in [6.45, 7) is 9.42. The number of unbranched alkanes of at least 4 members (excludes halogenated alkanes) is 4. The van der Waals surface area contributed by atoms with E-state index in [1.165, 1.54) is 99.9 Å². The number of carboxylic acids is 2. The first kappa shape index (κ1) is 33.8. The maximum absolute atomic E-state index is 12.3. The molecule has 0 unspecified atom stereocenters. The zero-order valence-electron chi connectivity index (χ0n) is 23.5. The van der Waals surface area contributed by atoms with E-state index < -0.39 is 29.0 Å². The van der Waals surface area contributed by atoms with Crippen molar-refractivity contribution in [1.82, 2.24) is 0 Å². The number of carboxylic acid groups (broad SMARTS) is 2. The molecule has 0 atom stereocenters. The van der Waals surface area contributed by atoms with Crippen LogP contribution in [-0.4, -0.2) is 55.2 Å². The molecule has 0 aromatic heterocycles. The monoisotopic (exact) mass is 565 g/mol. The minimum absolute atomic E-state index is 0.0184. The van der Waals surface area contributed by atoms with Crippen LogP contribution in [0.5, 0.6) is 0 Å². The van der Waals surface area contributed by atoms with Gasteiger partial charge in [0.05, 0.1) is 45.6 Å². The van der Waals surface area contributed by atoms with Crippen molar-refractivity contribution in [2.24, 2.45) is 0 Å². The number of rotatable bonds is 16. The molecule has 6 nitrogen and oxygen atoms in total.